The molecule has 0 saturated heterocycles. The molecule has 2 rings (SSSR count). The molecule has 0 radical (unpaired) electrons. The summed E-state index contributed by atoms with van der Waals surface area (Å²) in [5.41, 5.74) is 2.09. The van der Waals surface area contributed by atoms with E-state index in [9.17, 15) is 15.0 Å². The molecule has 0 aromatic heterocycles. The van der Waals surface area contributed by atoms with Gasteiger partial charge in [0.05, 0.1) is 0 Å². The van der Waals surface area contributed by atoms with Crippen LogP contribution in [0.3, 0.4) is 0 Å². The zero-order valence-electron chi connectivity index (χ0n) is 19.8. The monoisotopic (exact) mass is 455 g/mol. The molecule has 0 amide bonds. The van der Waals surface area contributed by atoms with Gasteiger partial charge in [-0.25, -0.2) is 4.79 Å². The lowest BCUT2D eigenvalue weighted by Crippen LogP contribution is -2.26. The normalized spacial score (nSPS) is 13.5. The van der Waals surface area contributed by atoms with Crippen LogP contribution in [0.15, 0.2) is 59.6 Å². The van der Waals surface area contributed by atoms with Crippen LogP contribution in [0.2, 0.25) is 0 Å². The van der Waals surface area contributed by atoms with Gasteiger partial charge in [0.15, 0.2) is 6.10 Å². The van der Waals surface area contributed by atoms with Crippen molar-refractivity contribution in [1.29, 1.82) is 0 Å². The van der Waals surface area contributed by atoms with Crippen molar-refractivity contribution < 1.29 is 24.5 Å². The number of aliphatic hydroxyl groups excluding tert-OH is 1. The Hall–Kier alpha value is -2.70. The average molecular weight is 456 g/mol. The molecular formula is C27H37NO5. The number of benzene rings is 2. The molecule has 6 heteroatoms. The van der Waals surface area contributed by atoms with Gasteiger partial charge < -0.3 is 19.7 Å². The molecule has 0 aliphatic carbocycles. The van der Waals surface area contributed by atoms with Crippen LogP contribution in [-0.2, 0) is 16.0 Å². The first-order valence-corrected chi connectivity index (χ1v) is 11.9. The molecule has 0 aliphatic rings. The summed E-state index contributed by atoms with van der Waals surface area (Å²) in [6.07, 6.45) is 5.27. The number of nitrogens with zero attached hydrogens (tertiary/aromatic N) is 1. The number of hydrogen-bond donors (Lipinski definition) is 2. The number of aliphatic carboxylic acids is 1. The van der Waals surface area contributed by atoms with Gasteiger partial charge in [0.25, 0.3) is 0 Å². The summed E-state index contributed by atoms with van der Waals surface area (Å²) in [6, 6.07) is 17.5. The van der Waals surface area contributed by atoms with Crippen LogP contribution in [0, 0.1) is 0 Å². The number of ether oxygens (including phenoxy) is 2. The number of carboxylic acid groups (broad SMARTS) is 1. The summed E-state index contributed by atoms with van der Waals surface area (Å²) in [4.78, 5) is 15.9. The maximum Gasteiger partial charge on any atom is 0.333 e. The SMILES string of the molecule is CCCCCCC(CN=C(CO)Oc1ccc(C[C@H](OCC)C(=O)O)cc1)c1ccccc1. The molecular weight excluding hydrogens is 418 g/mol. The van der Waals surface area contributed by atoms with E-state index in [-0.39, 0.29) is 24.8 Å². The topological polar surface area (TPSA) is 88.4 Å². The van der Waals surface area contributed by atoms with Gasteiger partial charge in [0.1, 0.15) is 12.4 Å². The Bertz CT molecular complexity index is 835. The van der Waals surface area contributed by atoms with E-state index in [2.05, 4.69) is 24.0 Å². The molecule has 2 aromatic carbocycles. The predicted molar refractivity (Wildman–Crippen MR) is 131 cm³/mol. The lowest BCUT2D eigenvalue weighted by atomic mass is 9.93. The van der Waals surface area contributed by atoms with Gasteiger partial charge in [-0.1, -0.05) is 75.1 Å². The Morgan fingerprint density at radius 2 is 1.73 bits per heavy atom. The van der Waals surface area contributed by atoms with Crippen molar-refractivity contribution in [3.63, 3.8) is 0 Å². The van der Waals surface area contributed by atoms with Gasteiger partial charge in [-0.2, -0.15) is 0 Å². The molecule has 0 fully saturated rings. The van der Waals surface area contributed by atoms with Crippen molar-refractivity contribution >= 4 is 11.9 Å². The number of rotatable bonds is 15. The Labute approximate surface area is 197 Å². The smallest absolute Gasteiger partial charge is 0.333 e. The summed E-state index contributed by atoms with van der Waals surface area (Å²) in [5.74, 6) is 0.126. The van der Waals surface area contributed by atoms with E-state index in [1.807, 2.05) is 18.2 Å². The van der Waals surface area contributed by atoms with Crippen molar-refractivity contribution in [1.82, 2.24) is 0 Å². The maximum atomic E-state index is 11.3. The highest BCUT2D eigenvalue weighted by atomic mass is 16.5. The van der Waals surface area contributed by atoms with Crippen molar-refractivity contribution in [2.75, 3.05) is 19.8 Å². The van der Waals surface area contributed by atoms with Crippen LogP contribution in [-0.4, -0.2) is 47.9 Å². The maximum absolute atomic E-state index is 11.3. The summed E-state index contributed by atoms with van der Waals surface area (Å²) >= 11 is 0. The molecule has 0 heterocycles. The van der Waals surface area contributed by atoms with E-state index in [1.165, 1.54) is 24.8 Å². The Morgan fingerprint density at radius 1 is 1.00 bits per heavy atom. The van der Waals surface area contributed by atoms with Crippen molar-refractivity contribution in [2.24, 2.45) is 4.99 Å². The average Bonchev–Trinajstić information content (AvgIpc) is 2.84. The van der Waals surface area contributed by atoms with Gasteiger partial charge >= 0.3 is 5.97 Å². The Kier molecular flexibility index (Phi) is 12.2. The summed E-state index contributed by atoms with van der Waals surface area (Å²) in [7, 11) is 0. The molecule has 180 valence electrons. The Morgan fingerprint density at radius 3 is 2.33 bits per heavy atom. The summed E-state index contributed by atoms with van der Waals surface area (Å²) in [6.45, 7) is 4.59. The van der Waals surface area contributed by atoms with Crippen LogP contribution >= 0.6 is 0 Å². The first kappa shape index (κ1) is 26.6. The molecule has 0 spiro atoms. The molecule has 33 heavy (non-hydrogen) atoms. The number of hydrogen-bond acceptors (Lipinski definition) is 5. The molecule has 0 saturated carbocycles. The third-order valence-electron chi connectivity index (χ3n) is 5.52. The Balaban J connectivity index is 2.00. The zero-order valence-corrected chi connectivity index (χ0v) is 19.8. The van der Waals surface area contributed by atoms with Crippen molar-refractivity contribution in [3.8, 4) is 5.75 Å². The minimum Gasteiger partial charge on any atom is -0.479 e. The molecule has 0 aliphatic heterocycles. The summed E-state index contributed by atoms with van der Waals surface area (Å²) in [5, 5.41) is 19.0. The van der Waals surface area contributed by atoms with E-state index < -0.39 is 12.1 Å². The van der Waals surface area contributed by atoms with Gasteiger partial charge in [-0.05, 0) is 36.6 Å². The fourth-order valence-electron chi connectivity index (χ4n) is 3.70. The first-order chi connectivity index (χ1) is 16.1. The van der Waals surface area contributed by atoms with Crippen LogP contribution in [0.5, 0.6) is 5.75 Å². The van der Waals surface area contributed by atoms with E-state index >= 15 is 0 Å². The quantitative estimate of drug-likeness (QED) is 0.218. The standard InChI is InChI=1S/C27H37NO5/c1-3-5-6-8-13-23(22-11-9-7-10-12-22)19-28-26(20-29)33-24-16-14-21(15-17-24)18-25(27(30)31)32-4-2/h7,9-12,14-17,23,25,29H,3-6,8,13,18-20H2,1-2H3,(H,30,31)/t23?,25-/m0/s1. The fourth-order valence-corrected chi connectivity index (χ4v) is 3.70. The number of carbonyl (C=O) groups is 1. The highest BCUT2D eigenvalue weighted by Crippen LogP contribution is 2.23. The zero-order chi connectivity index (χ0) is 23.9. The lowest BCUT2D eigenvalue weighted by molar-refractivity contribution is -0.149. The first-order valence-electron chi connectivity index (χ1n) is 11.9. The van der Waals surface area contributed by atoms with E-state index in [0.29, 0.717) is 18.9 Å². The van der Waals surface area contributed by atoms with Gasteiger partial charge in [-0.15, -0.1) is 0 Å². The second kappa shape index (κ2) is 15.2. The number of aliphatic hydroxyl groups is 1. The minimum absolute atomic E-state index is 0.273. The number of aliphatic imine (C=N–C) groups is 1. The fraction of sp³-hybridized carbons (Fsp3) is 0.481. The third kappa shape index (κ3) is 9.76. The molecule has 1 unspecified atom stereocenters. The van der Waals surface area contributed by atoms with Crippen LogP contribution < -0.4 is 4.74 Å². The molecule has 0 bridgehead atoms. The minimum atomic E-state index is -0.977. The van der Waals surface area contributed by atoms with E-state index in [0.717, 1.165) is 18.4 Å². The molecule has 2 aromatic rings. The molecule has 2 N–H and O–H groups in total. The third-order valence-corrected chi connectivity index (χ3v) is 5.52. The van der Waals surface area contributed by atoms with E-state index in [4.69, 9.17) is 9.47 Å². The summed E-state index contributed by atoms with van der Waals surface area (Å²) < 4.78 is 11.1. The highest BCUT2D eigenvalue weighted by Gasteiger charge is 2.18. The van der Waals surface area contributed by atoms with Crippen LogP contribution in [0.4, 0.5) is 0 Å². The predicted octanol–water partition coefficient (Wildman–Crippen LogP) is 5.24. The highest BCUT2D eigenvalue weighted by molar-refractivity contribution is 5.79. The van der Waals surface area contributed by atoms with Gasteiger partial charge in [0.2, 0.25) is 5.90 Å². The van der Waals surface area contributed by atoms with Gasteiger partial charge in [-0.3, -0.25) is 4.99 Å². The lowest BCUT2D eigenvalue weighted by Gasteiger charge is -2.16. The number of unbranched alkanes of at least 4 members (excludes halogenated alkanes) is 3. The van der Waals surface area contributed by atoms with Crippen molar-refractivity contribution in [3.05, 3.63) is 65.7 Å². The largest absolute Gasteiger partial charge is 0.479 e. The van der Waals surface area contributed by atoms with Gasteiger partial charge in [0, 0.05) is 25.5 Å². The van der Waals surface area contributed by atoms with Crippen molar-refractivity contribution in [2.45, 2.75) is 64.4 Å². The second-order valence-electron chi connectivity index (χ2n) is 8.08. The molecule has 6 nitrogen and oxygen atoms in total. The second-order valence-corrected chi connectivity index (χ2v) is 8.08. The number of carboxylic acids is 1. The van der Waals surface area contributed by atoms with E-state index in [1.54, 1.807) is 31.2 Å². The molecule has 2 atom stereocenters. The van der Waals surface area contributed by atoms with Crippen LogP contribution in [0.25, 0.3) is 0 Å². The van der Waals surface area contributed by atoms with Crippen LogP contribution in [0.1, 0.15) is 63.0 Å².